The number of hydrogen-bond donors (Lipinski definition) is 3. The van der Waals surface area contributed by atoms with Crippen molar-refractivity contribution in [1.29, 1.82) is 0 Å². The van der Waals surface area contributed by atoms with E-state index in [4.69, 9.17) is 23.2 Å². The third kappa shape index (κ3) is 6.03. The van der Waals surface area contributed by atoms with E-state index in [2.05, 4.69) is 15.6 Å². The molecule has 3 aromatic rings. The topological polar surface area (TPSA) is 111 Å². The first-order chi connectivity index (χ1) is 20.6. The van der Waals surface area contributed by atoms with E-state index in [9.17, 15) is 18.6 Å². The number of rotatable bonds is 7. The molecule has 2 aliphatic heterocycles. The van der Waals surface area contributed by atoms with E-state index in [0.29, 0.717) is 67.4 Å². The first-order valence-corrected chi connectivity index (χ1v) is 16.5. The Kier molecular flexibility index (Phi) is 8.24. The van der Waals surface area contributed by atoms with Crippen LogP contribution in [0.25, 0.3) is 11.6 Å². The molecular weight excluding hydrogens is 607 g/mol. The number of aryl methyl sites for hydroxylation is 1. The molecule has 0 spiro atoms. The van der Waals surface area contributed by atoms with Crippen molar-refractivity contribution in [2.24, 2.45) is 5.92 Å². The quantitative estimate of drug-likeness (QED) is 0.281. The van der Waals surface area contributed by atoms with E-state index in [-0.39, 0.29) is 35.4 Å². The minimum absolute atomic E-state index is 0.0362. The normalized spacial score (nSPS) is 19.7. The van der Waals surface area contributed by atoms with Crippen LogP contribution in [0.5, 0.6) is 0 Å². The van der Waals surface area contributed by atoms with Crippen molar-refractivity contribution in [3.05, 3.63) is 80.1 Å². The van der Waals surface area contributed by atoms with Gasteiger partial charge in [-0.05, 0) is 81.5 Å². The molecule has 1 aromatic heterocycles. The van der Waals surface area contributed by atoms with Crippen molar-refractivity contribution in [2.75, 3.05) is 18.4 Å². The van der Waals surface area contributed by atoms with Crippen LogP contribution >= 0.6 is 23.2 Å². The summed E-state index contributed by atoms with van der Waals surface area (Å²) in [5, 5.41) is 6.84. The van der Waals surface area contributed by atoms with Gasteiger partial charge in [-0.25, -0.2) is 0 Å². The lowest BCUT2D eigenvalue weighted by Gasteiger charge is -2.32. The number of H-pyrrole nitrogens is 1. The summed E-state index contributed by atoms with van der Waals surface area (Å²) in [6, 6.07) is 10.7. The molecule has 0 bridgehead atoms. The van der Waals surface area contributed by atoms with Crippen LogP contribution in [0.15, 0.2) is 41.3 Å². The van der Waals surface area contributed by atoms with E-state index in [0.717, 1.165) is 31.2 Å². The number of benzene rings is 2. The summed E-state index contributed by atoms with van der Waals surface area (Å²) < 4.78 is 13.3. The highest BCUT2D eigenvalue weighted by Gasteiger charge is 2.34. The van der Waals surface area contributed by atoms with Crippen LogP contribution in [0.1, 0.15) is 64.1 Å². The van der Waals surface area contributed by atoms with Crippen molar-refractivity contribution < 1.29 is 18.6 Å². The number of amides is 3. The lowest BCUT2D eigenvalue weighted by Crippen LogP contribution is -2.46. The SMILES string of the molecule is Cc1[nH]c(C=C2C(=O)Nc3ccc(S(=O)Cc4c(Cl)cccc4Cl)cc32)c(C)c1C(=O)N1CCC[C@@H](C(=O)NC2CC2)C1. The maximum absolute atomic E-state index is 13.7. The largest absolute Gasteiger partial charge is 0.358 e. The molecule has 43 heavy (non-hydrogen) atoms. The molecule has 1 saturated heterocycles. The first-order valence-electron chi connectivity index (χ1n) is 14.4. The second kappa shape index (κ2) is 11.9. The summed E-state index contributed by atoms with van der Waals surface area (Å²) in [5.74, 6) is -0.433. The van der Waals surface area contributed by atoms with Crippen LogP contribution in [0.3, 0.4) is 0 Å². The lowest BCUT2D eigenvalue weighted by atomic mass is 9.96. The molecule has 1 unspecified atom stereocenters. The number of nitrogens with zero attached hydrogens (tertiary/aromatic N) is 1. The molecule has 1 aliphatic carbocycles. The summed E-state index contributed by atoms with van der Waals surface area (Å²) >= 11 is 12.6. The number of piperidine rings is 1. The average Bonchev–Trinajstić information content (AvgIpc) is 3.69. The molecule has 224 valence electrons. The fourth-order valence-corrected chi connectivity index (χ4v) is 7.70. The van der Waals surface area contributed by atoms with E-state index < -0.39 is 10.8 Å². The third-order valence-electron chi connectivity index (χ3n) is 8.36. The first kappa shape index (κ1) is 29.7. The van der Waals surface area contributed by atoms with Crippen molar-refractivity contribution in [2.45, 2.75) is 56.2 Å². The number of anilines is 1. The van der Waals surface area contributed by atoms with Gasteiger partial charge < -0.3 is 20.5 Å². The summed E-state index contributed by atoms with van der Waals surface area (Å²) in [6.07, 6.45) is 5.34. The zero-order valence-corrected chi connectivity index (χ0v) is 26.2. The maximum atomic E-state index is 13.7. The highest BCUT2D eigenvalue weighted by atomic mass is 35.5. The molecule has 2 aromatic carbocycles. The zero-order valence-electron chi connectivity index (χ0n) is 23.9. The number of fused-ring (bicyclic) bond motifs is 1. The lowest BCUT2D eigenvalue weighted by molar-refractivity contribution is -0.126. The fourth-order valence-electron chi connectivity index (χ4n) is 5.80. The van der Waals surface area contributed by atoms with Crippen molar-refractivity contribution in [3.63, 3.8) is 0 Å². The van der Waals surface area contributed by atoms with Gasteiger partial charge in [-0.1, -0.05) is 29.3 Å². The van der Waals surface area contributed by atoms with Gasteiger partial charge in [-0.15, -0.1) is 0 Å². The van der Waals surface area contributed by atoms with Crippen LogP contribution in [-0.2, 0) is 26.1 Å². The van der Waals surface area contributed by atoms with E-state index >= 15 is 0 Å². The van der Waals surface area contributed by atoms with E-state index in [1.54, 1.807) is 47.4 Å². The molecule has 2 fully saturated rings. The van der Waals surface area contributed by atoms with Gasteiger partial charge in [0.2, 0.25) is 5.91 Å². The second-order valence-electron chi connectivity index (χ2n) is 11.4. The Morgan fingerprint density at radius 3 is 2.58 bits per heavy atom. The second-order valence-corrected chi connectivity index (χ2v) is 13.7. The molecule has 8 nitrogen and oxygen atoms in total. The van der Waals surface area contributed by atoms with Crippen molar-refractivity contribution >= 4 is 69.1 Å². The van der Waals surface area contributed by atoms with Gasteiger partial charge in [0, 0.05) is 62.3 Å². The van der Waals surface area contributed by atoms with Gasteiger partial charge >= 0.3 is 0 Å². The Hall–Kier alpha value is -3.40. The minimum atomic E-state index is -1.46. The molecule has 11 heteroatoms. The van der Waals surface area contributed by atoms with Crippen molar-refractivity contribution in [3.8, 4) is 0 Å². The standard InChI is InChI=1S/C32H32Cl2N4O4S/c1-17-28(35-18(2)29(17)32(41)38-12-4-5-19(15-38)30(39)36-20-8-9-20)14-23-22-13-21(10-11-27(22)37-31(23)40)43(42)16-24-25(33)6-3-7-26(24)34/h3,6-7,10-11,13-14,19-20,35H,4-5,8-9,12,15-16H2,1-2H3,(H,36,39)(H,37,40)/t19-,43?/m1/s1. The Bertz CT molecular complexity index is 1690. The van der Waals surface area contributed by atoms with Crippen LogP contribution in [-0.4, -0.2) is 50.9 Å². The zero-order chi connectivity index (χ0) is 30.4. The number of likely N-dealkylation sites (tertiary alicyclic amines) is 1. The van der Waals surface area contributed by atoms with Crippen LogP contribution in [0.4, 0.5) is 5.69 Å². The number of carbonyl (C=O) groups excluding carboxylic acids is 3. The molecule has 3 amide bonds. The summed E-state index contributed by atoms with van der Waals surface area (Å²) in [7, 11) is -1.46. The molecule has 2 atom stereocenters. The highest BCUT2D eigenvalue weighted by Crippen LogP contribution is 2.36. The van der Waals surface area contributed by atoms with Crippen LogP contribution in [0.2, 0.25) is 10.0 Å². The number of aromatic amines is 1. The number of halogens is 2. The van der Waals surface area contributed by atoms with Gasteiger partial charge in [0.25, 0.3) is 11.8 Å². The molecule has 3 aliphatic rings. The Morgan fingerprint density at radius 1 is 1.12 bits per heavy atom. The van der Waals surface area contributed by atoms with Gasteiger partial charge in [0.1, 0.15) is 0 Å². The summed E-state index contributed by atoms with van der Waals surface area (Å²) in [6.45, 7) is 4.69. The Balaban J connectivity index is 1.24. The van der Waals surface area contributed by atoms with E-state index in [1.807, 2.05) is 13.8 Å². The predicted octanol–water partition coefficient (Wildman–Crippen LogP) is 5.87. The number of nitrogens with one attached hydrogen (secondary N) is 3. The van der Waals surface area contributed by atoms with Gasteiger partial charge in [-0.2, -0.15) is 0 Å². The van der Waals surface area contributed by atoms with Crippen molar-refractivity contribution in [1.82, 2.24) is 15.2 Å². The minimum Gasteiger partial charge on any atom is -0.358 e. The highest BCUT2D eigenvalue weighted by molar-refractivity contribution is 7.84. The predicted molar refractivity (Wildman–Crippen MR) is 170 cm³/mol. The van der Waals surface area contributed by atoms with Crippen LogP contribution < -0.4 is 10.6 Å². The van der Waals surface area contributed by atoms with Crippen LogP contribution in [0, 0.1) is 19.8 Å². The van der Waals surface area contributed by atoms with Gasteiger partial charge in [0.05, 0.1) is 33.6 Å². The molecule has 1 saturated carbocycles. The van der Waals surface area contributed by atoms with Gasteiger partial charge in [0.15, 0.2) is 0 Å². The Morgan fingerprint density at radius 2 is 1.86 bits per heavy atom. The van der Waals surface area contributed by atoms with Gasteiger partial charge in [-0.3, -0.25) is 18.6 Å². The number of hydrogen-bond acceptors (Lipinski definition) is 4. The average molecular weight is 640 g/mol. The van der Waals surface area contributed by atoms with E-state index in [1.165, 1.54) is 0 Å². The summed E-state index contributed by atoms with van der Waals surface area (Å²) in [5.41, 5.74) is 4.89. The molecule has 3 N–H and O–H groups in total. The smallest absolute Gasteiger partial charge is 0.256 e. The fraction of sp³-hybridized carbons (Fsp3) is 0.344. The molecule has 6 rings (SSSR count). The molecular formula is C32H32Cl2N4O4S. The summed E-state index contributed by atoms with van der Waals surface area (Å²) in [4.78, 5) is 45.0. The monoisotopic (exact) mass is 638 g/mol. The Labute approximate surface area is 262 Å². The number of carbonyl (C=O) groups is 3. The number of aromatic nitrogens is 1. The maximum Gasteiger partial charge on any atom is 0.256 e. The molecule has 3 heterocycles. The third-order valence-corrected chi connectivity index (χ3v) is 10.4. The molecule has 0 radical (unpaired) electrons.